The summed E-state index contributed by atoms with van der Waals surface area (Å²) in [7, 11) is -3.70. The predicted molar refractivity (Wildman–Crippen MR) is 85.8 cm³/mol. The fraction of sp³-hybridized carbons (Fsp3) is 0.200. The second-order valence-electron chi connectivity index (χ2n) is 4.87. The zero-order valence-electron chi connectivity index (χ0n) is 11.8. The van der Waals surface area contributed by atoms with E-state index in [-0.39, 0.29) is 10.9 Å². The molecule has 0 fully saturated rings. The fourth-order valence-electron chi connectivity index (χ4n) is 2.06. The minimum Gasteiger partial charge on any atom is -0.398 e. The number of nitrogens with one attached hydrogen (secondary N) is 1. The van der Waals surface area contributed by atoms with Crippen molar-refractivity contribution in [2.75, 3.05) is 5.73 Å². The number of hydrogen-bond acceptors (Lipinski definition) is 3. The van der Waals surface area contributed by atoms with E-state index in [0.29, 0.717) is 16.3 Å². The number of sulfonamides is 1. The van der Waals surface area contributed by atoms with Crippen molar-refractivity contribution in [3.8, 4) is 0 Å². The van der Waals surface area contributed by atoms with Crippen molar-refractivity contribution >= 4 is 27.3 Å². The van der Waals surface area contributed by atoms with Crippen LogP contribution in [-0.4, -0.2) is 8.42 Å². The zero-order chi connectivity index (χ0) is 15.6. The number of hydrogen-bond donors (Lipinski definition) is 2. The Labute approximate surface area is 130 Å². The van der Waals surface area contributed by atoms with Crippen LogP contribution in [-0.2, 0) is 10.0 Å². The van der Waals surface area contributed by atoms with E-state index < -0.39 is 10.0 Å². The molecule has 1 unspecified atom stereocenters. The molecule has 4 nitrogen and oxygen atoms in total. The molecule has 0 aliphatic carbocycles. The van der Waals surface area contributed by atoms with Crippen molar-refractivity contribution in [1.82, 2.24) is 4.72 Å². The number of rotatable bonds is 4. The van der Waals surface area contributed by atoms with Crippen LogP contribution in [0.5, 0.6) is 0 Å². The van der Waals surface area contributed by atoms with Gasteiger partial charge in [-0.2, -0.15) is 0 Å². The average molecular weight is 325 g/mol. The van der Waals surface area contributed by atoms with Gasteiger partial charge in [-0.25, -0.2) is 13.1 Å². The molecule has 6 heteroatoms. The summed E-state index contributed by atoms with van der Waals surface area (Å²) in [6, 6.07) is 11.9. The molecule has 2 aromatic rings. The third-order valence-electron chi connectivity index (χ3n) is 3.29. The lowest BCUT2D eigenvalue weighted by Gasteiger charge is -2.16. The van der Waals surface area contributed by atoms with Crippen LogP contribution < -0.4 is 10.5 Å². The summed E-state index contributed by atoms with van der Waals surface area (Å²) in [6.45, 7) is 3.45. The standard InChI is InChI=1S/C15H17ClN2O2S/c1-10-14(17)8-13(16)9-15(10)21(19,20)18-11(2)12-6-4-3-5-7-12/h3-9,11,18H,17H2,1-2H3. The van der Waals surface area contributed by atoms with Crippen molar-refractivity contribution in [2.24, 2.45) is 0 Å². The van der Waals surface area contributed by atoms with E-state index in [1.54, 1.807) is 13.8 Å². The number of benzene rings is 2. The Balaban J connectivity index is 2.35. The summed E-state index contributed by atoms with van der Waals surface area (Å²) in [4.78, 5) is 0.107. The van der Waals surface area contributed by atoms with Gasteiger partial charge in [0, 0.05) is 16.8 Å². The lowest BCUT2D eigenvalue weighted by atomic mass is 10.1. The lowest BCUT2D eigenvalue weighted by molar-refractivity contribution is 0.566. The van der Waals surface area contributed by atoms with Crippen LogP contribution >= 0.6 is 11.6 Å². The normalized spacial score (nSPS) is 13.1. The molecule has 0 spiro atoms. The van der Waals surface area contributed by atoms with Crippen molar-refractivity contribution in [2.45, 2.75) is 24.8 Å². The maximum absolute atomic E-state index is 12.5. The molecule has 3 N–H and O–H groups in total. The Morgan fingerprint density at radius 2 is 1.81 bits per heavy atom. The fourth-order valence-corrected chi connectivity index (χ4v) is 3.88. The van der Waals surface area contributed by atoms with E-state index in [4.69, 9.17) is 17.3 Å². The molecule has 0 saturated heterocycles. The quantitative estimate of drug-likeness (QED) is 0.848. The Kier molecular flexibility index (Phi) is 4.56. The first-order valence-corrected chi connectivity index (χ1v) is 8.30. The van der Waals surface area contributed by atoms with Crippen LogP contribution in [0.4, 0.5) is 5.69 Å². The van der Waals surface area contributed by atoms with Crippen molar-refractivity contribution in [1.29, 1.82) is 0 Å². The van der Waals surface area contributed by atoms with Gasteiger partial charge in [-0.3, -0.25) is 0 Å². The molecule has 21 heavy (non-hydrogen) atoms. The summed E-state index contributed by atoms with van der Waals surface area (Å²) in [6.07, 6.45) is 0. The van der Waals surface area contributed by atoms with Crippen molar-refractivity contribution in [3.05, 3.63) is 58.6 Å². The van der Waals surface area contributed by atoms with Gasteiger partial charge >= 0.3 is 0 Å². The first kappa shape index (κ1) is 15.8. The van der Waals surface area contributed by atoms with E-state index in [1.807, 2.05) is 30.3 Å². The van der Waals surface area contributed by atoms with Gasteiger partial charge < -0.3 is 5.73 Å². The summed E-state index contributed by atoms with van der Waals surface area (Å²) < 4.78 is 27.7. The Bertz CT molecular complexity index is 746. The molecule has 0 aliphatic heterocycles. The van der Waals surface area contributed by atoms with Gasteiger partial charge in [0.25, 0.3) is 0 Å². The van der Waals surface area contributed by atoms with Gasteiger partial charge in [-0.15, -0.1) is 0 Å². The minimum absolute atomic E-state index is 0.107. The van der Waals surface area contributed by atoms with Crippen LogP contribution in [0.3, 0.4) is 0 Å². The van der Waals surface area contributed by atoms with Crippen LogP contribution in [0.15, 0.2) is 47.4 Å². The van der Waals surface area contributed by atoms with E-state index >= 15 is 0 Å². The smallest absolute Gasteiger partial charge is 0.241 e. The molecule has 0 bridgehead atoms. The Hall–Kier alpha value is -1.56. The summed E-state index contributed by atoms with van der Waals surface area (Å²) in [5.41, 5.74) is 7.52. The average Bonchev–Trinajstić information content (AvgIpc) is 2.43. The highest BCUT2D eigenvalue weighted by Crippen LogP contribution is 2.27. The van der Waals surface area contributed by atoms with Crippen LogP contribution in [0.2, 0.25) is 5.02 Å². The van der Waals surface area contributed by atoms with E-state index in [1.165, 1.54) is 12.1 Å². The largest absolute Gasteiger partial charge is 0.398 e. The number of nitrogen functional groups attached to an aromatic ring is 1. The molecule has 1 atom stereocenters. The molecule has 0 heterocycles. The summed E-state index contributed by atoms with van der Waals surface area (Å²) >= 11 is 5.91. The molecule has 0 amide bonds. The molecular formula is C15H17ClN2O2S. The first-order chi connectivity index (χ1) is 9.81. The highest BCUT2D eigenvalue weighted by atomic mass is 35.5. The molecule has 0 saturated carbocycles. The Morgan fingerprint density at radius 3 is 2.43 bits per heavy atom. The Morgan fingerprint density at radius 1 is 1.19 bits per heavy atom. The molecule has 112 valence electrons. The molecule has 0 radical (unpaired) electrons. The second kappa shape index (κ2) is 6.05. The topological polar surface area (TPSA) is 72.2 Å². The molecule has 2 aromatic carbocycles. The zero-order valence-corrected chi connectivity index (χ0v) is 13.4. The van der Waals surface area contributed by atoms with Gasteiger partial charge in [-0.05, 0) is 37.1 Å². The van der Waals surface area contributed by atoms with Gasteiger partial charge in [0.05, 0.1) is 4.90 Å². The lowest BCUT2D eigenvalue weighted by Crippen LogP contribution is -2.27. The van der Waals surface area contributed by atoms with E-state index in [9.17, 15) is 8.42 Å². The number of halogens is 1. The molecule has 0 aliphatic rings. The molecular weight excluding hydrogens is 308 g/mol. The van der Waals surface area contributed by atoms with Crippen molar-refractivity contribution in [3.63, 3.8) is 0 Å². The highest BCUT2D eigenvalue weighted by Gasteiger charge is 2.22. The van der Waals surface area contributed by atoms with Gasteiger partial charge in [-0.1, -0.05) is 41.9 Å². The summed E-state index contributed by atoms with van der Waals surface area (Å²) in [5.74, 6) is 0. The third kappa shape index (κ3) is 3.56. The summed E-state index contributed by atoms with van der Waals surface area (Å²) in [5, 5.41) is 0.297. The van der Waals surface area contributed by atoms with Gasteiger partial charge in [0.15, 0.2) is 0 Å². The maximum atomic E-state index is 12.5. The van der Waals surface area contributed by atoms with Crippen LogP contribution in [0.1, 0.15) is 24.1 Å². The monoisotopic (exact) mass is 324 g/mol. The van der Waals surface area contributed by atoms with Crippen LogP contribution in [0.25, 0.3) is 0 Å². The third-order valence-corrected chi connectivity index (χ3v) is 5.17. The molecule has 0 aromatic heterocycles. The first-order valence-electron chi connectivity index (χ1n) is 6.44. The second-order valence-corrected chi connectivity index (χ2v) is 6.99. The minimum atomic E-state index is -3.70. The van der Waals surface area contributed by atoms with Gasteiger partial charge in [0.1, 0.15) is 0 Å². The van der Waals surface area contributed by atoms with Crippen LogP contribution in [0, 0.1) is 6.92 Å². The van der Waals surface area contributed by atoms with E-state index in [0.717, 1.165) is 5.56 Å². The number of anilines is 1. The predicted octanol–water partition coefficient (Wildman–Crippen LogP) is 3.27. The number of nitrogens with two attached hydrogens (primary N) is 1. The van der Waals surface area contributed by atoms with Gasteiger partial charge in [0.2, 0.25) is 10.0 Å². The SMILES string of the molecule is Cc1c(N)cc(Cl)cc1S(=O)(=O)NC(C)c1ccccc1. The maximum Gasteiger partial charge on any atom is 0.241 e. The van der Waals surface area contributed by atoms with Crippen molar-refractivity contribution < 1.29 is 8.42 Å². The van der Waals surface area contributed by atoms with E-state index in [2.05, 4.69) is 4.72 Å². The molecule has 2 rings (SSSR count). The highest BCUT2D eigenvalue weighted by molar-refractivity contribution is 7.89.